The van der Waals surface area contributed by atoms with Crippen LogP contribution in [0.2, 0.25) is 0 Å². The van der Waals surface area contributed by atoms with Crippen molar-refractivity contribution in [1.82, 2.24) is 0 Å². The Hall–Kier alpha value is -2.62. The Morgan fingerprint density at radius 1 is 0.926 bits per heavy atom. The minimum atomic E-state index is -4.54. The van der Waals surface area contributed by atoms with Crippen molar-refractivity contribution in [2.45, 2.75) is 13.8 Å². The Kier molecular flexibility index (Phi) is 5.36. The summed E-state index contributed by atoms with van der Waals surface area (Å²) in [5.41, 5.74) is 1.02. The molecule has 1 heterocycles. The molecule has 0 unspecified atom stereocenters. The van der Waals surface area contributed by atoms with Crippen LogP contribution in [0.25, 0.3) is 3.62 Å². The van der Waals surface area contributed by atoms with Crippen LogP contribution in [0.3, 0.4) is 0 Å². The van der Waals surface area contributed by atoms with Crippen molar-refractivity contribution in [3.05, 3.63) is 65.7 Å². The zero-order chi connectivity index (χ0) is 19.6. The molecule has 6 nitrogen and oxygen atoms in total. The number of hydrogen-bond acceptors (Lipinski definition) is 6. The molecular weight excluding hydrogens is 464 g/mol. The third-order valence-corrected chi connectivity index (χ3v) is 11.8. The molecule has 2 aromatic carbocycles. The van der Waals surface area contributed by atoms with Crippen LogP contribution in [0.1, 0.15) is 29.8 Å². The van der Waals surface area contributed by atoms with E-state index in [-0.39, 0.29) is 5.78 Å². The quantitative estimate of drug-likeness (QED) is 0.623. The maximum absolute atomic E-state index is 12.8. The Labute approximate surface area is 161 Å². The van der Waals surface area contributed by atoms with Gasteiger partial charge in [-0.2, -0.15) is 0 Å². The zero-order valence-corrected chi connectivity index (χ0v) is 17.4. The molecule has 0 aliphatic carbocycles. The molecule has 140 valence electrons. The Bertz CT molecular complexity index is 932. The van der Waals surface area contributed by atoms with E-state index in [0.29, 0.717) is 24.1 Å². The van der Waals surface area contributed by atoms with E-state index in [0.717, 1.165) is 0 Å². The molecule has 1 aliphatic rings. The van der Waals surface area contributed by atoms with Gasteiger partial charge in [0.1, 0.15) is 0 Å². The van der Waals surface area contributed by atoms with Gasteiger partial charge in [0.2, 0.25) is 0 Å². The molecule has 0 radical (unpaired) electrons. The summed E-state index contributed by atoms with van der Waals surface area (Å²) in [4.78, 5) is 36.8. The van der Waals surface area contributed by atoms with Crippen molar-refractivity contribution in [3.8, 4) is 5.75 Å². The molecule has 27 heavy (non-hydrogen) atoms. The average molecular weight is 482 g/mol. The molecule has 3 rings (SSSR count). The first kappa shape index (κ1) is 19.1. The summed E-state index contributed by atoms with van der Waals surface area (Å²) in [6.45, 7) is 2.52. The molecule has 0 saturated carbocycles. The van der Waals surface area contributed by atoms with E-state index in [1.165, 1.54) is 27.0 Å². The van der Waals surface area contributed by atoms with Crippen molar-refractivity contribution < 1.29 is 25.3 Å². The van der Waals surface area contributed by atoms with E-state index in [1.54, 1.807) is 42.5 Å². The number of allylic oxidation sites excluding steroid dienone is 1. The molecule has 0 atom stereocenters. The molecule has 0 fully saturated rings. The number of fused-ring (bicyclic) bond motifs is 1. The minimum absolute atomic E-state index is 0.243. The van der Waals surface area contributed by atoms with E-state index in [1.807, 2.05) is 6.07 Å². The molecule has 0 saturated heterocycles. The molecule has 2 aromatic rings. The standard InChI is InChI=1S/C20H18O6Te/c1-13(21)25-27(26-14(2)22)19(15-7-5-4-6-8-15)12-18(23)17-10-9-16(24-3)11-20(17)27/h4-12H,1-3H3. The number of benzene rings is 2. The second kappa shape index (κ2) is 7.55. The SMILES string of the molecule is COc1ccc2c(c1)[Te](OC(C)=O)(OC(C)=O)C(c1ccccc1)=CC2=O. The number of hydrogen-bond donors (Lipinski definition) is 0. The van der Waals surface area contributed by atoms with E-state index >= 15 is 0 Å². The first-order chi connectivity index (χ1) is 12.9. The molecule has 0 bridgehead atoms. The van der Waals surface area contributed by atoms with Crippen LogP contribution in [-0.2, 0) is 15.8 Å². The van der Waals surface area contributed by atoms with Crippen LogP contribution in [-0.4, -0.2) is 43.8 Å². The Morgan fingerprint density at radius 2 is 1.56 bits per heavy atom. The van der Waals surface area contributed by atoms with Gasteiger partial charge in [-0.15, -0.1) is 0 Å². The van der Waals surface area contributed by atoms with Crippen LogP contribution in [0, 0.1) is 0 Å². The predicted molar refractivity (Wildman–Crippen MR) is 101 cm³/mol. The molecule has 0 amide bonds. The number of ketones is 1. The second-order valence-electron chi connectivity index (χ2n) is 5.75. The van der Waals surface area contributed by atoms with Crippen LogP contribution in [0.15, 0.2) is 54.6 Å². The summed E-state index contributed by atoms with van der Waals surface area (Å²) < 4.78 is 17.7. The Balaban J connectivity index is 2.35. The van der Waals surface area contributed by atoms with Gasteiger partial charge in [-0.3, -0.25) is 0 Å². The van der Waals surface area contributed by atoms with Crippen LogP contribution in [0.5, 0.6) is 5.75 Å². The normalized spacial score (nSPS) is 15.8. The second-order valence-corrected chi connectivity index (χ2v) is 12.1. The van der Waals surface area contributed by atoms with Gasteiger partial charge in [0.25, 0.3) is 0 Å². The van der Waals surface area contributed by atoms with Gasteiger partial charge in [0.15, 0.2) is 0 Å². The van der Waals surface area contributed by atoms with Crippen LogP contribution in [0.4, 0.5) is 0 Å². The first-order valence-corrected chi connectivity index (χ1v) is 12.3. The van der Waals surface area contributed by atoms with Gasteiger partial charge in [0, 0.05) is 0 Å². The van der Waals surface area contributed by atoms with Crippen molar-refractivity contribution in [2.24, 2.45) is 0 Å². The fourth-order valence-electron chi connectivity index (χ4n) is 2.82. The molecular formula is C20H18O6Te. The van der Waals surface area contributed by atoms with Crippen molar-refractivity contribution in [3.63, 3.8) is 0 Å². The number of carbonyl (C=O) groups excluding carboxylic acids is 3. The van der Waals surface area contributed by atoms with Gasteiger partial charge in [0.05, 0.1) is 0 Å². The fraction of sp³-hybridized carbons (Fsp3) is 0.150. The van der Waals surface area contributed by atoms with Crippen molar-refractivity contribution >= 4 is 44.0 Å². The summed E-state index contributed by atoms with van der Waals surface area (Å²) in [5.74, 6) is -0.927. The topological polar surface area (TPSA) is 78.9 Å². The summed E-state index contributed by atoms with van der Waals surface area (Å²) in [7, 11) is 1.49. The summed E-state index contributed by atoms with van der Waals surface area (Å²) >= 11 is -4.54. The third-order valence-electron chi connectivity index (χ3n) is 3.82. The number of carbonyl (C=O) groups is 3. The number of rotatable bonds is 4. The molecule has 7 heteroatoms. The maximum atomic E-state index is 12.8. The van der Waals surface area contributed by atoms with Gasteiger partial charge >= 0.3 is 162 Å². The van der Waals surface area contributed by atoms with Crippen LogP contribution >= 0.6 is 0 Å². The Morgan fingerprint density at radius 3 is 2.11 bits per heavy atom. The molecule has 0 aromatic heterocycles. The summed E-state index contributed by atoms with van der Waals surface area (Å²) in [6.07, 6.45) is 1.41. The van der Waals surface area contributed by atoms with Gasteiger partial charge in [-0.1, -0.05) is 0 Å². The van der Waals surface area contributed by atoms with E-state index in [4.69, 9.17) is 10.9 Å². The number of ether oxygens (including phenoxy) is 1. The average Bonchev–Trinajstić information content (AvgIpc) is 2.64. The monoisotopic (exact) mass is 484 g/mol. The molecule has 0 spiro atoms. The molecule has 1 aliphatic heterocycles. The zero-order valence-electron chi connectivity index (χ0n) is 15.1. The van der Waals surface area contributed by atoms with Crippen molar-refractivity contribution in [2.75, 3.05) is 7.11 Å². The summed E-state index contributed by atoms with van der Waals surface area (Å²) in [6, 6.07) is 13.9. The number of methoxy groups -OCH3 is 1. The van der Waals surface area contributed by atoms with E-state index in [2.05, 4.69) is 0 Å². The van der Waals surface area contributed by atoms with Crippen LogP contribution < -0.4 is 8.35 Å². The third kappa shape index (κ3) is 3.61. The van der Waals surface area contributed by atoms with Gasteiger partial charge < -0.3 is 0 Å². The van der Waals surface area contributed by atoms with Gasteiger partial charge in [-0.05, 0) is 0 Å². The summed E-state index contributed by atoms with van der Waals surface area (Å²) in [5, 5.41) is 0. The molecule has 0 N–H and O–H groups in total. The van der Waals surface area contributed by atoms with Gasteiger partial charge in [-0.25, -0.2) is 0 Å². The van der Waals surface area contributed by atoms with E-state index in [9.17, 15) is 14.4 Å². The van der Waals surface area contributed by atoms with Crippen molar-refractivity contribution in [1.29, 1.82) is 0 Å². The fourth-order valence-corrected chi connectivity index (χ4v) is 10.6. The van der Waals surface area contributed by atoms with E-state index < -0.39 is 30.9 Å². The first-order valence-electron chi connectivity index (χ1n) is 8.10. The predicted octanol–water partition coefficient (Wildman–Crippen LogP) is 2.29.